The first-order chi connectivity index (χ1) is 15.7. The van der Waals surface area contributed by atoms with E-state index in [0.717, 1.165) is 22.2 Å². The number of benzene rings is 3. The summed E-state index contributed by atoms with van der Waals surface area (Å²) in [6.45, 7) is 0. The Balaban J connectivity index is 1.81. The molecule has 5 nitrogen and oxygen atoms in total. The van der Waals surface area contributed by atoms with Crippen molar-refractivity contribution in [2.24, 2.45) is 0 Å². The maximum absolute atomic E-state index is 14.0. The molecule has 1 aliphatic carbocycles. The Bertz CT molecular complexity index is 1470. The smallest absolute Gasteiger partial charge is 0.238 e. The van der Waals surface area contributed by atoms with Gasteiger partial charge in [-0.2, -0.15) is 10.5 Å². The summed E-state index contributed by atoms with van der Waals surface area (Å²) in [7, 11) is 0. The Kier molecular flexibility index (Phi) is 3.64. The van der Waals surface area contributed by atoms with Crippen LogP contribution in [0.2, 0.25) is 0 Å². The second-order valence-electron chi connectivity index (χ2n) is 8.47. The van der Waals surface area contributed by atoms with Crippen LogP contribution in [0.3, 0.4) is 0 Å². The van der Waals surface area contributed by atoms with Crippen molar-refractivity contribution in [1.29, 1.82) is 10.5 Å². The molecule has 2 heterocycles. The van der Waals surface area contributed by atoms with Gasteiger partial charge in [-0.3, -0.25) is 4.79 Å². The number of para-hydroxylation sites is 2. The number of rotatable bonds is 1. The summed E-state index contributed by atoms with van der Waals surface area (Å²) in [6.07, 6.45) is 0.515. The minimum atomic E-state index is -1.71. The molecule has 0 unspecified atom stereocenters. The zero-order valence-corrected chi connectivity index (χ0v) is 17.1. The van der Waals surface area contributed by atoms with E-state index < -0.39 is 16.7 Å². The number of carbonyl (C=O) groups excluding carboxylic acids is 1. The van der Waals surface area contributed by atoms with E-state index in [2.05, 4.69) is 22.4 Å². The highest BCUT2D eigenvalue weighted by molar-refractivity contribution is 6.10. The van der Waals surface area contributed by atoms with Crippen LogP contribution in [0.5, 0.6) is 0 Å². The van der Waals surface area contributed by atoms with Gasteiger partial charge in [0.2, 0.25) is 5.91 Å². The highest BCUT2D eigenvalue weighted by atomic mass is 16.2. The van der Waals surface area contributed by atoms with E-state index in [9.17, 15) is 15.3 Å². The van der Waals surface area contributed by atoms with Gasteiger partial charge in [0.15, 0.2) is 5.41 Å². The summed E-state index contributed by atoms with van der Waals surface area (Å²) in [6, 6.07) is 29.6. The van der Waals surface area contributed by atoms with Crippen molar-refractivity contribution in [2.45, 2.75) is 23.2 Å². The molecule has 0 fully saturated rings. The third-order valence-corrected chi connectivity index (χ3v) is 7.18. The van der Waals surface area contributed by atoms with Gasteiger partial charge in [0, 0.05) is 33.8 Å². The molecule has 1 aromatic heterocycles. The fourth-order valence-corrected chi connectivity index (χ4v) is 5.96. The van der Waals surface area contributed by atoms with Crippen LogP contribution < -0.4 is 5.32 Å². The van der Waals surface area contributed by atoms with Crippen molar-refractivity contribution in [1.82, 2.24) is 4.98 Å². The molecule has 32 heavy (non-hydrogen) atoms. The van der Waals surface area contributed by atoms with E-state index in [4.69, 9.17) is 0 Å². The molecule has 2 atom stereocenters. The Morgan fingerprint density at radius 3 is 2.34 bits per heavy atom. The van der Waals surface area contributed by atoms with Crippen molar-refractivity contribution < 1.29 is 4.79 Å². The lowest BCUT2D eigenvalue weighted by molar-refractivity contribution is -0.123. The first-order valence-electron chi connectivity index (χ1n) is 10.6. The number of hydrogen-bond donors (Lipinski definition) is 2. The second kappa shape index (κ2) is 6.33. The molecule has 152 valence electrons. The van der Waals surface area contributed by atoms with Gasteiger partial charge in [-0.05, 0) is 29.7 Å². The van der Waals surface area contributed by atoms with Gasteiger partial charge < -0.3 is 10.3 Å². The molecule has 1 spiro atoms. The average Bonchev–Trinajstić information content (AvgIpc) is 3.36. The molecule has 1 aliphatic heterocycles. The Morgan fingerprint density at radius 1 is 0.875 bits per heavy atom. The largest absolute Gasteiger partial charge is 0.358 e. The monoisotopic (exact) mass is 414 g/mol. The predicted molar refractivity (Wildman–Crippen MR) is 121 cm³/mol. The van der Waals surface area contributed by atoms with Crippen LogP contribution in [-0.4, -0.2) is 10.9 Å². The van der Waals surface area contributed by atoms with Gasteiger partial charge >= 0.3 is 0 Å². The highest BCUT2D eigenvalue weighted by Crippen LogP contribution is 2.62. The minimum Gasteiger partial charge on any atom is -0.358 e. The fourth-order valence-electron chi connectivity index (χ4n) is 5.96. The van der Waals surface area contributed by atoms with Crippen molar-refractivity contribution >= 4 is 22.5 Å². The number of H-pyrrole nitrogens is 1. The third-order valence-electron chi connectivity index (χ3n) is 7.18. The molecule has 6 rings (SSSR count). The third kappa shape index (κ3) is 1.98. The number of fused-ring (bicyclic) bond motifs is 5. The molecule has 0 radical (unpaired) electrons. The predicted octanol–water partition coefficient (Wildman–Crippen LogP) is 4.68. The van der Waals surface area contributed by atoms with Gasteiger partial charge in [-0.1, -0.05) is 66.7 Å². The Morgan fingerprint density at radius 2 is 1.56 bits per heavy atom. The lowest BCUT2D eigenvalue weighted by atomic mass is 9.48. The number of nitrogens with zero attached hydrogens (tertiary/aromatic N) is 2. The lowest BCUT2D eigenvalue weighted by Crippen LogP contribution is -2.59. The zero-order chi connectivity index (χ0) is 21.9. The van der Waals surface area contributed by atoms with Crippen LogP contribution in [0, 0.1) is 22.7 Å². The van der Waals surface area contributed by atoms with Crippen molar-refractivity contribution in [3.8, 4) is 12.1 Å². The number of carbonyl (C=O) groups is 1. The Hall–Kier alpha value is -4.35. The van der Waals surface area contributed by atoms with Gasteiger partial charge in [0.25, 0.3) is 0 Å². The molecule has 1 amide bonds. The van der Waals surface area contributed by atoms with E-state index in [-0.39, 0.29) is 5.91 Å². The molecule has 2 aliphatic rings. The topological polar surface area (TPSA) is 92.5 Å². The van der Waals surface area contributed by atoms with Crippen molar-refractivity contribution in [2.75, 3.05) is 5.32 Å². The first kappa shape index (κ1) is 18.4. The summed E-state index contributed by atoms with van der Waals surface area (Å²) in [5, 5.41) is 25.3. The maximum Gasteiger partial charge on any atom is 0.238 e. The number of hydrogen-bond acceptors (Lipinski definition) is 3. The normalized spacial score (nSPS) is 22.6. The molecule has 0 saturated heterocycles. The van der Waals surface area contributed by atoms with Gasteiger partial charge in [0.1, 0.15) is 5.41 Å². The van der Waals surface area contributed by atoms with Crippen LogP contribution in [0.15, 0.2) is 78.9 Å². The Labute approximate surface area is 184 Å². The number of aromatic nitrogens is 1. The minimum absolute atomic E-state index is 0.299. The molecule has 5 heteroatoms. The molecular formula is C27H18N4O. The summed E-state index contributed by atoms with van der Waals surface area (Å²) in [4.78, 5) is 17.4. The molecule has 0 saturated carbocycles. The van der Waals surface area contributed by atoms with E-state index in [1.54, 1.807) is 0 Å². The summed E-state index contributed by atoms with van der Waals surface area (Å²) >= 11 is 0. The zero-order valence-electron chi connectivity index (χ0n) is 17.1. The lowest BCUT2D eigenvalue weighted by Gasteiger charge is -2.47. The molecule has 4 aromatic rings. The molecular weight excluding hydrogens is 396 g/mol. The van der Waals surface area contributed by atoms with Crippen LogP contribution in [0.4, 0.5) is 5.69 Å². The van der Waals surface area contributed by atoms with Gasteiger partial charge in [0.05, 0.1) is 12.1 Å². The van der Waals surface area contributed by atoms with E-state index in [0.29, 0.717) is 23.2 Å². The maximum atomic E-state index is 14.0. The second-order valence-corrected chi connectivity index (χ2v) is 8.47. The summed E-state index contributed by atoms with van der Waals surface area (Å²) < 4.78 is 0. The number of anilines is 1. The van der Waals surface area contributed by atoms with Gasteiger partial charge in [-0.15, -0.1) is 0 Å². The highest BCUT2D eigenvalue weighted by Gasteiger charge is 2.70. The summed E-state index contributed by atoms with van der Waals surface area (Å²) in [5.74, 6) is -0.696. The fraction of sp³-hybridized carbons (Fsp3) is 0.148. The number of aromatic amines is 1. The van der Waals surface area contributed by atoms with Crippen molar-refractivity contribution in [3.63, 3.8) is 0 Å². The van der Waals surface area contributed by atoms with Crippen molar-refractivity contribution in [3.05, 3.63) is 101 Å². The number of nitrogens with one attached hydrogen (secondary N) is 2. The standard InChI is InChI=1S/C27H18N4O/c28-15-26(16-29)24-18-10-4-6-12-21(18)30-23(24)14-20(17-8-2-1-3-9-17)27(26)19-11-5-7-13-22(19)31-25(27)32/h1-13,20,30H,14H2,(H,31,32)/t20-,27-/m1/s1. The van der Waals surface area contributed by atoms with E-state index >= 15 is 0 Å². The first-order valence-corrected chi connectivity index (χ1v) is 10.6. The molecule has 0 bridgehead atoms. The van der Waals surface area contributed by atoms with Crippen LogP contribution in [0.1, 0.15) is 28.3 Å². The molecule has 3 aromatic carbocycles. The molecule has 2 N–H and O–H groups in total. The SMILES string of the molecule is N#CC1(C#N)c2c([nH]c3ccccc23)C[C@H](c2ccccc2)[C@]12C(=O)Nc1ccccc12. The van der Waals surface area contributed by atoms with E-state index in [1.807, 2.05) is 78.9 Å². The van der Waals surface area contributed by atoms with Crippen LogP contribution in [-0.2, 0) is 22.0 Å². The van der Waals surface area contributed by atoms with E-state index in [1.165, 1.54) is 0 Å². The van der Waals surface area contributed by atoms with Gasteiger partial charge in [-0.25, -0.2) is 0 Å². The number of amides is 1. The number of nitriles is 2. The summed E-state index contributed by atoms with van der Waals surface area (Å²) in [5.41, 5.74) is 1.53. The average molecular weight is 414 g/mol. The van der Waals surface area contributed by atoms with Crippen LogP contribution >= 0.6 is 0 Å². The van der Waals surface area contributed by atoms with Crippen LogP contribution in [0.25, 0.3) is 10.9 Å². The quantitative estimate of drug-likeness (QED) is 0.473.